The van der Waals surface area contributed by atoms with Gasteiger partial charge in [-0.3, -0.25) is 4.68 Å². The van der Waals surface area contributed by atoms with Gasteiger partial charge in [0.25, 0.3) is 0 Å². The van der Waals surface area contributed by atoms with E-state index < -0.39 is 0 Å². The van der Waals surface area contributed by atoms with Crippen LogP contribution in [0.2, 0.25) is 0 Å². The van der Waals surface area contributed by atoms with Crippen LogP contribution in [0.25, 0.3) is 33.5 Å². The maximum Gasteiger partial charge on any atom is 0.166 e. The van der Waals surface area contributed by atoms with Crippen LogP contribution < -0.4 is 4.90 Å². The SMILES string of the molecule is CCN1CCC(n2cc(-c3c[nH]c4ncc(-c5cnc(N6CCOCC6)c(F)c5)nc34)cn2)CC1. The van der Waals surface area contributed by atoms with E-state index in [0.29, 0.717) is 55.1 Å². The number of rotatable bonds is 5. The largest absolute Gasteiger partial charge is 0.378 e. The van der Waals surface area contributed by atoms with Gasteiger partial charge in [-0.2, -0.15) is 5.10 Å². The molecular formula is C25H29FN8O. The molecule has 182 valence electrons. The molecule has 0 bridgehead atoms. The summed E-state index contributed by atoms with van der Waals surface area (Å²) < 4.78 is 22.4. The lowest BCUT2D eigenvalue weighted by Gasteiger charge is -2.31. The van der Waals surface area contributed by atoms with Gasteiger partial charge in [-0.25, -0.2) is 19.3 Å². The molecule has 0 aromatic carbocycles. The maximum absolute atomic E-state index is 14.9. The molecule has 6 rings (SSSR count). The smallest absolute Gasteiger partial charge is 0.166 e. The number of piperidine rings is 1. The summed E-state index contributed by atoms with van der Waals surface area (Å²) in [5.74, 6) is -0.0124. The fourth-order valence-electron chi connectivity index (χ4n) is 5.01. The first-order valence-corrected chi connectivity index (χ1v) is 12.3. The number of ether oxygens (including phenoxy) is 1. The number of halogens is 1. The highest BCUT2D eigenvalue weighted by Crippen LogP contribution is 2.31. The molecule has 0 radical (unpaired) electrons. The molecule has 0 saturated carbocycles. The van der Waals surface area contributed by atoms with E-state index in [1.807, 2.05) is 17.3 Å². The molecule has 1 N–H and O–H groups in total. The first kappa shape index (κ1) is 22.1. The van der Waals surface area contributed by atoms with Gasteiger partial charge < -0.3 is 19.5 Å². The van der Waals surface area contributed by atoms with Crippen LogP contribution in [0.5, 0.6) is 0 Å². The van der Waals surface area contributed by atoms with E-state index in [9.17, 15) is 4.39 Å². The molecule has 4 aromatic rings. The molecule has 0 unspecified atom stereocenters. The van der Waals surface area contributed by atoms with Gasteiger partial charge in [0.15, 0.2) is 17.3 Å². The highest BCUT2D eigenvalue weighted by Gasteiger charge is 2.22. The zero-order valence-corrected chi connectivity index (χ0v) is 19.8. The predicted molar refractivity (Wildman–Crippen MR) is 132 cm³/mol. The Morgan fingerprint density at radius 2 is 1.89 bits per heavy atom. The van der Waals surface area contributed by atoms with Crippen molar-refractivity contribution in [2.45, 2.75) is 25.8 Å². The Labute approximate surface area is 203 Å². The van der Waals surface area contributed by atoms with Gasteiger partial charge in [-0.05, 0) is 25.5 Å². The van der Waals surface area contributed by atoms with Crippen molar-refractivity contribution < 1.29 is 9.13 Å². The average molecular weight is 477 g/mol. The molecular weight excluding hydrogens is 447 g/mol. The van der Waals surface area contributed by atoms with E-state index in [4.69, 9.17) is 9.72 Å². The molecule has 0 spiro atoms. The van der Waals surface area contributed by atoms with Crippen LogP contribution in [-0.2, 0) is 4.74 Å². The number of nitrogens with one attached hydrogen (secondary N) is 1. The minimum atomic E-state index is -0.365. The summed E-state index contributed by atoms with van der Waals surface area (Å²) in [6.45, 7) is 7.94. The number of aromatic amines is 1. The summed E-state index contributed by atoms with van der Waals surface area (Å²) >= 11 is 0. The Bertz CT molecular complexity index is 1320. The summed E-state index contributed by atoms with van der Waals surface area (Å²) in [7, 11) is 0. The molecule has 0 amide bonds. The monoisotopic (exact) mass is 476 g/mol. The van der Waals surface area contributed by atoms with Gasteiger partial charge >= 0.3 is 0 Å². The maximum atomic E-state index is 14.9. The van der Waals surface area contributed by atoms with Gasteiger partial charge in [-0.15, -0.1) is 0 Å². The third-order valence-corrected chi connectivity index (χ3v) is 7.10. The van der Waals surface area contributed by atoms with Crippen molar-refractivity contribution in [3.63, 3.8) is 0 Å². The Morgan fingerprint density at radius 3 is 2.66 bits per heavy atom. The number of H-pyrrole nitrogens is 1. The van der Waals surface area contributed by atoms with Crippen LogP contribution in [0.1, 0.15) is 25.8 Å². The summed E-state index contributed by atoms with van der Waals surface area (Å²) in [5.41, 5.74) is 4.53. The Balaban J connectivity index is 1.27. The Hall–Kier alpha value is -3.37. The predicted octanol–water partition coefficient (Wildman–Crippen LogP) is 3.52. The van der Waals surface area contributed by atoms with Crippen LogP contribution in [-0.4, -0.2) is 80.6 Å². The molecule has 0 aliphatic carbocycles. The van der Waals surface area contributed by atoms with Gasteiger partial charge in [0.1, 0.15) is 5.52 Å². The zero-order chi connectivity index (χ0) is 23.8. The number of hydrogen-bond donors (Lipinski definition) is 1. The number of anilines is 1. The minimum absolute atomic E-state index is 0.352. The molecule has 9 nitrogen and oxygen atoms in total. The van der Waals surface area contributed by atoms with Crippen molar-refractivity contribution in [2.75, 3.05) is 50.8 Å². The topological polar surface area (TPSA) is 88.0 Å². The molecule has 2 aliphatic heterocycles. The second-order valence-electron chi connectivity index (χ2n) is 9.16. The zero-order valence-electron chi connectivity index (χ0n) is 19.8. The molecule has 10 heteroatoms. The van der Waals surface area contributed by atoms with Crippen LogP contribution in [0.3, 0.4) is 0 Å². The summed E-state index contributed by atoms with van der Waals surface area (Å²) in [4.78, 5) is 21.3. The third-order valence-electron chi connectivity index (χ3n) is 7.10. The number of pyridine rings is 1. The fraction of sp³-hybridized carbons (Fsp3) is 0.440. The molecule has 4 aromatic heterocycles. The fourth-order valence-corrected chi connectivity index (χ4v) is 5.01. The second-order valence-corrected chi connectivity index (χ2v) is 9.16. The number of aromatic nitrogens is 6. The van der Waals surface area contributed by atoms with E-state index in [0.717, 1.165) is 49.1 Å². The highest BCUT2D eigenvalue weighted by molar-refractivity contribution is 5.91. The standard InChI is InChI=1S/C25H29FN8O/c1-2-32-5-3-19(4-6-32)34-16-18(13-30-34)20-14-27-24-23(20)31-22(15-28-24)17-11-21(26)25(29-12-17)33-7-9-35-10-8-33/h11-16,19H,2-10H2,1H3,(H,27,28). The van der Waals surface area contributed by atoms with E-state index in [1.165, 1.54) is 6.07 Å². The summed E-state index contributed by atoms with van der Waals surface area (Å²) in [6, 6.07) is 1.90. The molecule has 2 saturated heterocycles. The van der Waals surface area contributed by atoms with E-state index in [-0.39, 0.29) is 5.82 Å². The van der Waals surface area contributed by atoms with Crippen LogP contribution in [0.15, 0.2) is 37.1 Å². The van der Waals surface area contributed by atoms with Crippen molar-refractivity contribution in [3.8, 4) is 22.4 Å². The Morgan fingerprint density at radius 1 is 1.06 bits per heavy atom. The van der Waals surface area contributed by atoms with Crippen LogP contribution in [0.4, 0.5) is 10.2 Å². The van der Waals surface area contributed by atoms with Crippen molar-refractivity contribution in [1.82, 2.24) is 34.6 Å². The number of morpholine rings is 1. The number of fused-ring (bicyclic) bond motifs is 1. The van der Waals surface area contributed by atoms with E-state index >= 15 is 0 Å². The lowest BCUT2D eigenvalue weighted by Crippen LogP contribution is -2.37. The minimum Gasteiger partial charge on any atom is -0.378 e. The summed E-state index contributed by atoms with van der Waals surface area (Å²) in [6.07, 6.45) is 11.4. The van der Waals surface area contributed by atoms with Crippen LogP contribution in [0, 0.1) is 5.82 Å². The molecule has 0 atom stereocenters. The van der Waals surface area contributed by atoms with Gasteiger partial charge in [0.05, 0.1) is 37.3 Å². The number of hydrogen-bond acceptors (Lipinski definition) is 7. The lowest BCUT2D eigenvalue weighted by molar-refractivity contribution is 0.122. The molecule has 2 fully saturated rings. The number of nitrogens with zero attached hydrogens (tertiary/aromatic N) is 7. The lowest BCUT2D eigenvalue weighted by atomic mass is 10.1. The summed E-state index contributed by atoms with van der Waals surface area (Å²) in [5, 5.41) is 4.66. The van der Waals surface area contributed by atoms with E-state index in [2.05, 4.69) is 42.8 Å². The molecule has 2 aliphatic rings. The quantitative estimate of drug-likeness (QED) is 0.472. The second kappa shape index (κ2) is 9.35. The first-order chi connectivity index (χ1) is 17.2. The van der Waals surface area contributed by atoms with Crippen molar-refractivity contribution >= 4 is 17.0 Å². The van der Waals surface area contributed by atoms with Gasteiger partial charge in [0, 0.05) is 61.5 Å². The Kier molecular flexibility index (Phi) is 5.91. The normalized spacial score (nSPS) is 17.9. The third kappa shape index (κ3) is 4.28. The van der Waals surface area contributed by atoms with E-state index in [1.54, 1.807) is 12.4 Å². The first-order valence-electron chi connectivity index (χ1n) is 12.3. The number of likely N-dealkylation sites (tertiary alicyclic amines) is 1. The van der Waals surface area contributed by atoms with Crippen LogP contribution >= 0.6 is 0 Å². The van der Waals surface area contributed by atoms with Gasteiger partial charge in [-0.1, -0.05) is 6.92 Å². The average Bonchev–Trinajstić information content (AvgIpc) is 3.56. The molecule has 6 heterocycles. The molecule has 35 heavy (non-hydrogen) atoms. The van der Waals surface area contributed by atoms with Crippen molar-refractivity contribution in [2.24, 2.45) is 0 Å². The van der Waals surface area contributed by atoms with Gasteiger partial charge in [0.2, 0.25) is 0 Å². The highest BCUT2D eigenvalue weighted by atomic mass is 19.1. The van der Waals surface area contributed by atoms with Crippen molar-refractivity contribution in [3.05, 3.63) is 42.9 Å². The van der Waals surface area contributed by atoms with Crippen molar-refractivity contribution in [1.29, 1.82) is 0 Å².